The van der Waals surface area contributed by atoms with E-state index < -0.39 is 0 Å². The fourth-order valence-corrected chi connectivity index (χ4v) is 4.91. The van der Waals surface area contributed by atoms with Gasteiger partial charge in [0.25, 0.3) is 0 Å². The first-order chi connectivity index (χ1) is 12.2. The van der Waals surface area contributed by atoms with E-state index in [1.54, 1.807) is 11.3 Å². The Balaban J connectivity index is 1.43. The van der Waals surface area contributed by atoms with Gasteiger partial charge in [0.15, 0.2) is 10.6 Å². The molecule has 0 radical (unpaired) electrons. The minimum Gasteiger partial charge on any atom is -0.379 e. The Hall–Kier alpha value is -1.02. The van der Waals surface area contributed by atoms with Crippen molar-refractivity contribution in [1.82, 2.24) is 19.9 Å². The zero-order valence-corrected chi connectivity index (χ0v) is 16.1. The minimum absolute atomic E-state index is 0.295. The molecule has 1 aliphatic carbocycles. The van der Waals surface area contributed by atoms with Gasteiger partial charge < -0.3 is 10.1 Å². The van der Waals surface area contributed by atoms with Gasteiger partial charge in [-0.1, -0.05) is 18.3 Å². The molecule has 3 heterocycles. The van der Waals surface area contributed by atoms with E-state index in [0.717, 1.165) is 66.7 Å². The first-order valence-electron chi connectivity index (χ1n) is 9.14. The molecule has 4 rings (SSSR count). The first-order valence-corrected chi connectivity index (χ1v) is 10.3. The summed E-state index contributed by atoms with van der Waals surface area (Å²) in [6, 6.07) is 1.13. The number of ether oxygens (including phenoxy) is 1. The van der Waals surface area contributed by atoms with Crippen LogP contribution in [0.5, 0.6) is 0 Å². The van der Waals surface area contributed by atoms with Crippen LogP contribution in [0.1, 0.15) is 37.6 Å². The van der Waals surface area contributed by atoms with Crippen molar-refractivity contribution in [1.29, 1.82) is 0 Å². The number of anilines is 1. The van der Waals surface area contributed by atoms with Gasteiger partial charge in [0.2, 0.25) is 5.28 Å². The molecule has 0 spiro atoms. The molecule has 1 N–H and O–H groups in total. The van der Waals surface area contributed by atoms with Gasteiger partial charge >= 0.3 is 0 Å². The van der Waals surface area contributed by atoms with Crippen molar-refractivity contribution in [3.63, 3.8) is 0 Å². The predicted octanol–water partition coefficient (Wildman–Crippen LogP) is 3.36. The van der Waals surface area contributed by atoms with Gasteiger partial charge in [-0.05, 0) is 43.7 Å². The number of aryl methyl sites for hydroxylation is 1. The number of hydrogen-bond donors (Lipinski definition) is 1. The third kappa shape index (κ3) is 3.89. The highest BCUT2D eigenvalue weighted by Gasteiger charge is 2.27. The van der Waals surface area contributed by atoms with E-state index in [0.29, 0.717) is 17.4 Å². The van der Waals surface area contributed by atoms with Crippen molar-refractivity contribution in [3.05, 3.63) is 10.3 Å². The van der Waals surface area contributed by atoms with Crippen molar-refractivity contribution in [2.75, 3.05) is 31.6 Å². The molecule has 1 saturated heterocycles. The van der Waals surface area contributed by atoms with Gasteiger partial charge in [-0.15, -0.1) is 0 Å². The van der Waals surface area contributed by atoms with E-state index in [2.05, 4.69) is 32.1 Å². The number of hydrogen-bond acceptors (Lipinski definition) is 7. The van der Waals surface area contributed by atoms with E-state index in [1.165, 1.54) is 12.8 Å². The van der Waals surface area contributed by atoms with E-state index in [1.807, 2.05) is 0 Å². The lowest BCUT2D eigenvalue weighted by Gasteiger charge is -2.39. The normalized spacial score (nSPS) is 25.4. The van der Waals surface area contributed by atoms with Crippen molar-refractivity contribution in [3.8, 4) is 0 Å². The maximum atomic E-state index is 6.12. The molecule has 6 nitrogen and oxygen atoms in total. The Morgan fingerprint density at radius 2 is 1.92 bits per heavy atom. The number of halogens is 1. The molecule has 25 heavy (non-hydrogen) atoms. The van der Waals surface area contributed by atoms with Crippen LogP contribution in [0.3, 0.4) is 0 Å². The van der Waals surface area contributed by atoms with E-state index in [4.69, 9.17) is 16.3 Å². The molecule has 8 heteroatoms. The second-order valence-electron chi connectivity index (χ2n) is 6.75. The number of morpholine rings is 1. The molecule has 2 fully saturated rings. The summed E-state index contributed by atoms with van der Waals surface area (Å²) in [6.07, 6.45) is 5.64. The van der Waals surface area contributed by atoms with Crippen LogP contribution in [0.15, 0.2) is 0 Å². The molecule has 0 bridgehead atoms. The maximum Gasteiger partial charge on any atom is 0.225 e. The number of rotatable bonds is 4. The number of aromatic nitrogens is 3. The number of thiazole rings is 1. The minimum atomic E-state index is 0.295. The van der Waals surface area contributed by atoms with Crippen LogP contribution in [0, 0.1) is 0 Å². The Kier molecular flexibility index (Phi) is 5.36. The fraction of sp³-hybridized carbons (Fsp3) is 0.706. The molecular weight excluding hydrogens is 358 g/mol. The monoisotopic (exact) mass is 381 g/mol. The lowest BCUT2D eigenvalue weighted by molar-refractivity contribution is 0.00791. The van der Waals surface area contributed by atoms with Crippen molar-refractivity contribution in [2.24, 2.45) is 0 Å². The summed E-state index contributed by atoms with van der Waals surface area (Å²) in [5, 5.41) is 4.96. The molecule has 0 aromatic carbocycles. The fourth-order valence-electron chi connectivity index (χ4n) is 3.81. The first kappa shape index (κ1) is 17.4. The van der Waals surface area contributed by atoms with Crippen LogP contribution in [0.25, 0.3) is 10.3 Å². The molecule has 1 saturated carbocycles. The van der Waals surface area contributed by atoms with Crippen LogP contribution < -0.4 is 5.32 Å². The highest BCUT2D eigenvalue weighted by Crippen LogP contribution is 2.30. The molecule has 0 unspecified atom stereocenters. The average Bonchev–Trinajstić information content (AvgIpc) is 3.06. The van der Waals surface area contributed by atoms with Crippen LogP contribution in [-0.4, -0.2) is 58.2 Å². The molecule has 2 aromatic rings. The molecule has 0 amide bonds. The standard InChI is InChI=1S/C17H24ClN5OS/c1-2-13-20-14-15(21-17(18)22-16(14)25-13)19-11-3-5-12(6-4-11)23-7-9-24-10-8-23/h11-12H,2-10H2,1H3,(H,19,21,22)/t11-,12-. The van der Waals surface area contributed by atoms with E-state index in [9.17, 15) is 0 Å². The quantitative estimate of drug-likeness (QED) is 0.819. The smallest absolute Gasteiger partial charge is 0.225 e. The Morgan fingerprint density at radius 1 is 1.16 bits per heavy atom. The zero-order chi connectivity index (χ0) is 17.2. The molecule has 2 aromatic heterocycles. The largest absolute Gasteiger partial charge is 0.379 e. The highest BCUT2D eigenvalue weighted by atomic mass is 35.5. The van der Waals surface area contributed by atoms with E-state index in [-0.39, 0.29) is 0 Å². The molecule has 1 aliphatic heterocycles. The Bertz CT molecular complexity index is 725. The lowest BCUT2D eigenvalue weighted by atomic mass is 9.90. The summed E-state index contributed by atoms with van der Waals surface area (Å²) in [7, 11) is 0. The SMILES string of the molecule is CCc1nc2c(N[C@H]3CC[C@H](N4CCOCC4)CC3)nc(Cl)nc2s1. The van der Waals surface area contributed by atoms with E-state index >= 15 is 0 Å². The van der Waals surface area contributed by atoms with Crippen LogP contribution in [-0.2, 0) is 11.2 Å². The topological polar surface area (TPSA) is 63.2 Å². The summed E-state index contributed by atoms with van der Waals surface area (Å²) in [6.45, 7) is 6.00. The summed E-state index contributed by atoms with van der Waals surface area (Å²) in [5.74, 6) is 0.792. The summed E-state index contributed by atoms with van der Waals surface area (Å²) >= 11 is 7.72. The second-order valence-corrected chi connectivity index (χ2v) is 8.15. The number of fused-ring (bicyclic) bond motifs is 1. The summed E-state index contributed by atoms with van der Waals surface area (Å²) in [5.41, 5.74) is 0.863. The Morgan fingerprint density at radius 3 is 2.64 bits per heavy atom. The maximum absolute atomic E-state index is 6.12. The summed E-state index contributed by atoms with van der Waals surface area (Å²) < 4.78 is 5.47. The van der Waals surface area contributed by atoms with Gasteiger partial charge in [0.05, 0.1) is 18.2 Å². The van der Waals surface area contributed by atoms with Crippen molar-refractivity contribution in [2.45, 2.75) is 51.1 Å². The van der Waals surface area contributed by atoms with Gasteiger partial charge in [-0.3, -0.25) is 4.90 Å². The molecule has 0 atom stereocenters. The number of nitrogens with zero attached hydrogens (tertiary/aromatic N) is 4. The van der Waals surface area contributed by atoms with Crippen molar-refractivity contribution >= 4 is 39.1 Å². The lowest BCUT2D eigenvalue weighted by Crippen LogP contribution is -2.46. The zero-order valence-electron chi connectivity index (χ0n) is 14.5. The van der Waals surface area contributed by atoms with Gasteiger partial charge in [-0.25, -0.2) is 9.97 Å². The van der Waals surface area contributed by atoms with Crippen molar-refractivity contribution < 1.29 is 4.74 Å². The average molecular weight is 382 g/mol. The number of nitrogens with one attached hydrogen (secondary N) is 1. The molecular formula is C17H24ClN5OS. The Labute approximate surface area is 157 Å². The van der Waals surface area contributed by atoms with Gasteiger partial charge in [0, 0.05) is 25.2 Å². The van der Waals surface area contributed by atoms with Crippen LogP contribution in [0.2, 0.25) is 5.28 Å². The summed E-state index contributed by atoms with van der Waals surface area (Å²) in [4.78, 5) is 16.9. The molecule has 2 aliphatic rings. The molecule has 136 valence electrons. The van der Waals surface area contributed by atoms with Crippen LogP contribution >= 0.6 is 22.9 Å². The van der Waals surface area contributed by atoms with Gasteiger partial charge in [-0.2, -0.15) is 4.98 Å². The third-order valence-electron chi connectivity index (χ3n) is 5.18. The third-order valence-corrected chi connectivity index (χ3v) is 6.44. The van der Waals surface area contributed by atoms with Gasteiger partial charge in [0.1, 0.15) is 5.52 Å². The van der Waals surface area contributed by atoms with Crippen LogP contribution in [0.4, 0.5) is 5.82 Å². The highest BCUT2D eigenvalue weighted by molar-refractivity contribution is 7.18. The second kappa shape index (κ2) is 7.70. The predicted molar refractivity (Wildman–Crippen MR) is 102 cm³/mol.